The van der Waals surface area contributed by atoms with Crippen LogP contribution in [-0.4, -0.2) is 41.4 Å². The highest BCUT2D eigenvalue weighted by Crippen LogP contribution is 2.15. The van der Waals surface area contributed by atoms with Crippen LogP contribution in [0.2, 0.25) is 0 Å². The third kappa shape index (κ3) is 7.41. The molecule has 0 aliphatic rings. The molecule has 192 valence electrons. The summed E-state index contributed by atoms with van der Waals surface area (Å²) in [6.07, 6.45) is 3.17. The van der Waals surface area contributed by atoms with E-state index < -0.39 is 0 Å². The molecule has 0 unspecified atom stereocenters. The van der Waals surface area contributed by atoms with E-state index >= 15 is 0 Å². The molecule has 8 heteroatoms. The van der Waals surface area contributed by atoms with Crippen molar-refractivity contribution >= 4 is 22.9 Å². The highest BCUT2D eigenvalue weighted by molar-refractivity contribution is 5.84. The predicted molar refractivity (Wildman–Crippen MR) is 138 cm³/mol. The molecule has 0 radical (unpaired) electrons. The van der Waals surface area contributed by atoms with Crippen molar-refractivity contribution in [3.05, 3.63) is 82.0 Å². The number of unbranched alkanes of at least 4 members (excludes halogenated alkanes) is 1. The fourth-order valence-corrected chi connectivity index (χ4v) is 3.88. The second kappa shape index (κ2) is 12.9. The van der Waals surface area contributed by atoms with Crippen molar-refractivity contribution in [2.24, 2.45) is 5.92 Å². The van der Waals surface area contributed by atoms with Gasteiger partial charge in [-0.25, -0.2) is 9.18 Å². The van der Waals surface area contributed by atoms with Crippen LogP contribution < -0.4 is 10.7 Å². The molecule has 0 spiro atoms. The number of urea groups is 1. The van der Waals surface area contributed by atoms with Gasteiger partial charge in [0.25, 0.3) is 0 Å². The standard InChI is InChI=1S/C28H34FN3O4/c1-4-5-14-30-28(35)32(15-20(2)3)18-26(33)31(16-21-10-12-23(29)13-11-21)17-22-19-36-25-9-7-6-8-24(25)27(22)34/h6-13,19-20H,4-5,14-18H2,1-3H3,(H,30,35). The molecule has 7 nitrogen and oxygen atoms in total. The number of para-hydroxylation sites is 1. The predicted octanol–water partition coefficient (Wildman–Crippen LogP) is 4.93. The highest BCUT2D eigenvalue weighted by atomic mass is 19.1. The summed E-state index contributed by atoms with van der Waals surface area (Å²) in [4.78, 5) is 42.4. The van der Waals surface area contributed by atoms with Gasteiger partial charge in [-0.15, -0.1) is 0 Å². The smallest absolute Gasteiger partial charge is 0.317 e. The lowest BCUT2D eigenvalue weighted by Gasteiger charge is -2.29. The Labute approximate surface area is 210 Å². The minimum atomic E-state index is -0.376. The number of carbonyl (C=O) groups is 2. The number of rotatable bonds is 11. The van der Waals surface area contributed by atoms with E-state index in [1.807, 2.05) is 20.8 Å². The van der Waals surface area contributed by atoms with Gasteiger partial charge in [-0.2, -0.15) is 0 Å². The number of fused-ring (bicyclic) bond motifs is 1. The largest absolute Gasteiger partial charge is 0.464 e. The van der Waals surface area contributed by atoms with Crippen LogP contribution in [-0.2, 0) is 17.9 Å². The van der Waals surface area contributed by atoms with Crippen LogP contribution in [0.25, 0.3) is 11.0 Å². The zero-order valence-electron chi connectivity index (χ0n) is 21.1. The second-order valence-corrected chi connectivity index (χ2v) is 9.32. The lowest BCUT2D eigenvalue weighted by atomic mass is 10.1. The minimum Gasteiger partial charge on any atom is -0.464 e. The Bertz CT molecular complexity index is 1220. The first kappa shape index (κ1) is 26.9. The summed E-state index contributed by atoms with van der Waals surface area (Å²) in [7, 11) is 0. The van der Waals surface area contributed by atoms with E-state index in [1.165, 1.54) is 28.2 Å². The van der Waals surface area contributed by atoms with Crippen molar-refractivity contribution in [3.63, 3.8) is 0 Å². The molecule has 3 aromatic rings. The van der Waals surface area contributed by atoms with Gasteiger partial charge in [0.1, 0.15) is 17.9 Å². The molecule has 0 saturated carbocycles. The molecule has 0 bridgehead atoms. The summed E-state index contributed by atoms with van der Waals surface area (Å²) in [5.74, 6) is -0.537. The lowest BCUT2D eigenvalue weighted by molar-refractivity contribution is -0.133. The van der Waals surface area contributed by atoms with E-state index in [-0.39, 0.29) is 48.7 Å². The number of hydrogen-bond acceptors (Lipinski definition) is 4. The summed E-state index contributed by atoms with van der Waals surface area (Å²) in [6.45, 7) is 6.95. The molecular formula is C28H34FN3O4. The zero-order valence-corrected chi connectivity index (χ0v) is 21.1. The van der Waals surface area contributed by atoms with Crippen molar-refractivity contribution < 1.29 is 18.4 Å². The average molecular weight is 496 g/mol. The number of amides is 3. The maximum atomic E-state index is 13.5. The molecular weight excluding hydrogens is 461 g/mol. The number of hydrogen-bond donors (Lipinski definition) is 1. The third-order valence-electron chi connectivity index (χ3n) is 5.76. The van der Waals surface area contributed by atoms with Crippen LogP contribution in [0, 0.1) is 11.7 Å². The highest BCUT2D eigenvalue weighted by Gasteiger charge is 2.23. The first-order valence-corrected chi connectivity index (χ1v) is 12.3. The molecule has 1 heterocycles. The Morgan fingerprint density at radius 3 is 2.44 bits per heavy atom. The maximum Gasteiger partial charge on any atom is 0.317 e. The molecule has 2 aromatic carbocycles. The van der Waals surface area contributed by atoms with Gasteiger partial charge in [0, 0.05) is 19.6 Å². The van der Waals surface area contributed by atoms with Gasteiger partial charge in [-0.05, 0) is 42.2 Å². The van der Waals surface area contributed by atoms with Crippen molar-refractivity contribution in [2.45, 2.75) is 46.7 Å². The van der Waals surface area contributed by atoms with Crippen molar-refractivity contribution in [1.29, 1.82) is 0 Å². The molecule has 1 aromatic heterocycles. The van der Waals surface area contributed by atoms with E-state index in [9.17, 15) is 18.8 Å². The Balaban J connectivity index is 1.86. The summed E-state index contributed by atoms with van der Waals surface area (Å²) in [5, 5.41) is 3.31. The van der Waals surface area contributed by atoms with E-state index in [2.05, 4.69) is 5.32 Å². The van der Waals surface area contributed by atoms with Gasteiger partial charge >= 0.3 is 6.03 Å². The van der Waals surface area contributed by atoms with Crippen LogP contribution in [0.15, 0.2) is 64.0 Å². The number of carbonyl (C=O) groups excluding carboxylic acids is 2. The summed E-state index contributed by atoms with van der Waals surface area (Å²) in [6, 6.07) is 12.5. The van der Waals surface area contributed by atoms with Gasteiger partial charge in [-0.1, -0.05) is 51.5 Å². The molecule has 3 rings (SSSR count). The molecule has 0 atom stereocenters. The van der Waals surface area contributed by atoms with Gasteiger partial charge in [-0.3, -0.25) is 9.59 Å². The maximum absolute atomic E-state index is 13.5. The minimum absolute atomic E-state index is 0.00362. The van der Waals surface area contributed by atoms with Crippen molar-refractivity contribution in [3.8, 4) is 0 Å². The average Bonchev–Trinajstić information content (AvgIpc) is 2.86. The van der Waals surface area contributed by atoms with Gasteiger partial charge in [0.05, 0.1) is 23.8 Å². The topological polar surface area (TPSA) is 82.9 Å². The summed E-state index contributed by atoms with van der Waals surface area (Å²) in [5.41, 5.74) is 1.28. The number of nitrogens with one attached hydrogen (secondary N) is 1. The molecule has 3 amide bonds. The van der Waals surface area contributed by atoms with Gasteiger partial charge < -0.3 is 19.5 Å². The van der Waals surface area contributed by atoms with E-state index in [1.54, 1.807) is 36.4 Å². The van der Waals surface area contributed by atoms with Gasteiger partial charge in [0.15, 0.2) is 5.43 Å². The quantitative estimate of drug-likeness (QED) is 0.383. The number of nitrogens with zero attached hydrogens (tertiary/aromatic N) is 2. The molecule has 0 saturated heterocycles. The van der Waals surface area contributed by atoms with Crippen LogP contribution in [0.1, 0.15) is 44.7 Å². The molecule has 36 heavy (non-hydrogen) atoms. The Hall–Kier alpha value is -3.68. The van der Waals surface area contributed by atoms with Crippen LogP contribution >= 0.6 is 0 Å². The molecule has 1 N–H and O–H groups in total. The molecule has 0 aliphatic carbocycles. The second-order valence-electron chi connectivity index (χ2n) is 9.32. The Morgan fingerprint density at radius 2 is 1.75 bits per heavy atom. The van der Waals surface area contributed by atoms with Crippen molar-refractivity contribution in [1.82, 2.24) is 15.1 Å². The van der Waals surface area contributed by atoms with E-state index in [0.717, 1.165) is 12.8 Å². The van der Waals surface area contributed by atoms with Crippen LogP contribution in [0.5, 0.6) is 0 Å². The monoisotopic (exact) mass is 495 g/mol. The van der Waals surface area contributed by atoms with E-state index in [0.29, 0.717) is 35.2 Å². The lowest BCUT2D eigenvalue weighted by Crippen LogP contribution is -2.48. The first-order valence-electron chi connectivity index (χ1n) is 12.3. The summed E-state index contributed by atoms with van der Waals surface area (Å²) >= 11 is 0. The number of benzene rings is 2. The van der Waals surface area contributed by atoms with E-state index in [4.69, 9.17) is 4.42 Å². The van der Waals surface area contributed by atoms with Crippen molar-refractivity contribution in [2.75, 3.05) is 19.6 Å². The SMILES string of the molecule is CCCCNC(=O)N(CC(=O)N(Cc1ccc(F)cc1)Cc1coc2ccccc2c1=O)CC(C)C. The number of halogens is 1. The first-order chi connectivity index (χ1) is 17.3. The zero-order chi connectivity index (χ0) is 26.1. The van der Waals surface area contributed by atoms with Crippen LogP contribution in [0.3, 0.4) is 0 Å². The van der Waals surface area contributed by atoms with Crippen LogP contribution in [0.4, 0.5) is 9.18 Å². The third-order valence-corrected chi connectivity index (χ3v) is 5.76. The Morgan fingerprint density at radius 1 is 1.03 bits per heavy atom. The molecule has 0 aliphatic heterocycles. The summed E-state index contributed by atoms with van der Waals surface area (Å²) < 4.78 is 19.1. The molecule has 0 fully saturated rings. The fourth-order valence-electron chi connectivity index (χ4n) is 3.88. The fraction of sp³-hybridized carbons (Fsp3) is 0.393. The normalized spacial score (nSPS) is 11.0. The van der Waals surface area contributed by atoms with Gasteiger partial charge in [0.2, 0.25) is 5.91 Å². The Kier molecular flexibility index (Phi) is 9.61.